The monoisotopic (exact) mass is 372 g/mol. The summed E-state index contributed by atoms with van der Waals surface area (Å²) in [5, 5.41) is 11.0. The number of anilines is 1. The van der Waals surface area contributed by atoms with Gasteiger partial charge in [-0.25, -0.2) is 8.42 Å². The van der Waals surface area contributed by atoms with Crippen LogP contribution in [0.4, 0.5) is 11.4 Å². The molecule has 2 aromatic carbocycles. The number of nitrogens with one attached hydrogen (secondary N) is 1. The Kier molecular flexibility index (Phi) is 4.76. The number of hydrogen-bond acceptors (Lipinski definition) is 7. The molecule has 0 unspecified atom stereocenters. The van der Waals surface area contributed by atoms with Crippen molar-refractivity contribution in [2.24, 2.45) is 0 Å². The van der Waals surface area contributed by atoms with E-state index in [1.807, 2.05) is 0 Å². The van der Waals surface area contributed by atoms with E-state index in [1.165, 1.54) is 36.4 Å². The maximum absolute atomic E-state index is 12.4. The van der Waals surface area contributed by atoms with Crippen molar-refractivity contribution in [2.45, 2.75) is 4.90 Å². The van der Waals surface area contributed by atoms with Gasteiger partial charge in [0.1, 0.15) is 0 Å². The van der Waals surface area contributed by atoms with Crippen molar-refractivity contribution in [3.05, 3.63) is 58.6 Å². The van der Waals surface area contributed by atoms with Crippen molar-refractivity contribution in [1.29, 1.82) is 0 Å². The highest BCUT2D eigenvalue weighted by molar-refractivity contribution is 7.93. The van der Waals surface area contributed by atoms with E-state index in [-0.39, 0.29) is 11.4 Å². The molecule has 9 nitrogen and oxygen atoms in total. The van der Waals surface area contributed by atoms with Crippen LogP contribution in [0.2, 0.25) is 0 Å². The van der Waals surface area contributed by atoms with Crippen molar-refractivity contribution in [3.63, 3.8) is 0 Å². The van der Waals surface area contributed by atoms with E-state index < -0.39 is 35.6 Å². The second-order valence-electron chi connectivity index (χ2n) is 4.61. The van der Waals surface area contributed by atoms with Crippen LogP contribution in [0.1, 0.15) is 0 Å². The average Bonchev–Trinajstić information content (AvgIpc) is 2.47. The lowest BCUT2D eigenvalue weighted by molar-refractivity contribution is -0.387. The highest BCUT2D eigenvalue weighted by Crippen LogP contribution is 2.30. The summed E-state index contributed by atoms with van der Waals surface area (Å²) in [6.45, 7) is 0. The minimum atomic E-state index is -4.33. The Morgan fingerprint density at radius 3 is 2.21 bits per heavy atom. The molecule has 0 radical (unpaired) electrons. The molecule has 11 heteroatoms. The molecule has 2 aromatic rings. The van der Waals surface area contributed by atoms with Gasteiger partial charge in [-0.2, -0.15) is 8.42 Å². The Morgan fingerprint density at radius 2 is 1.58 bits per heavy atom. The van der Waals surface area contributed by atoms with Crippen molar-refractivity contribution in [3.8, 4) is 5.75 Å². The van der Waals surface area contributed by atoms with Gasteiger partial charge in [-0.3, -0.25) is 14.8 Å². The highest BCUT2D eigenvalue weighted by atomic mass is 32.2. The Hall–Kier alpha value is -2.66. The Morgan fingerprint density at radius 1 is 1.00 bits per heavy atom. The fourth-order valence-electron chi connectivity index (χ4n) is 1.82. The van der Waals surface area contributed by atoms with E-state index in [2.05, 4.69) is 4.72 Å². The summed E-state index contributed by atoms with van der Waals surface area (Å²) in [5.74, 6) is -0.248. The molecule has 0 bridgehead atoms. The molecule has 1 N–H and O–H groups in total. The molecule has 0 aliphatic rings. The lowest BCUT2D eigenvalue weighted by atomic mass is 10.3. The average molecular weight is 372 g/mol. The Labute approximate surface area is 138 Å². The second-order valence-corrected chi connectivity index (χ2v) is 7.84. The zero-order chi connectivity index (χ0) is 18.0. The molecular weight excluding hydrogens is 360 g/mol. The molecular formula is C13H12N2O7S2. The van der Waals surface area contributed by atoms with Crippen molar-refractivity contribution >= 4 is 31.5 Å². The fourth-order valence-corrected chi connectivity index (χ4v) is 3.54. The molecule has 128 valence electrons. The van der Waals surface area contributed by atoms with E-state index >= 15 is 0 Å². The van der Waals surface area contributed by atoms with Crippen LogP contribution in [-0.4, -0.2) is 28.0 Å². The van der Waals surface area contributed by atoms with Gasteiger partial charge >= 0.3 is 10.1 Å². The van der Waals surface area contributed by atoms with Gasteiger partial charge < -0.3 is 4.18 Å². The largest absolute Gasteiger partial charge is 0.380 e. The Bertz CT molecular complexity index is 985. The van der Waals surface area contributed by atoms with Crippen LogP contribution in [-0.2, 0) is 20.1 Å². The minimum absolute atomic E-state index is 0.166. The number of benzene rings is 2. The third-order valence-corrected chi connectivity index (χ3v) is 4.62. The van der Waals surface area contributed by atoms with Crippen LogP contribution in [0.3, 0.4) is 0 Å². The number of nitrogens with zero attached hydrogens (tertiary/aromatic N) is 1. The molecule has 0 saturated heterocycles. The van der Waals surface area contributed by atoms with Gasteiger partial charge in [0.15, 0.2) is 10.6 Å². The predicted molar refractivity (Wildman–Crippen MR) is 85.8 cm³/mol. The van der Waals surface area contributed by atoms with Gasteiger partial charge in [0.2, 0.25) is 0 Å². The number of nitro benzene ring substituents is 1. The van der Waals surface area contributed by atoms with Crippen LogP contribution in [0.25, 0.3) is 0 Å². The summed E-state index contributed by atoms with van der Waals surface area (Å²) in [5.41, 5.74) is -0.771. The summed E-state index contributed by atoms with van der Waals surface area (Å²) in [7, 11) is -8.22. The second kappa shape index (κ2) is 6.45. The van der Waals surface area contributed by atoms with Gasteiger partial charge in [0.05, 0.1) is 16.9 Å². The van der Waals surface area contributed by atoms with Gasteiger partial charge in [0.25, 0.3) is 15.7 Å². The SMILES string of the molecule is CS(=O)(=O)Oc1ccccc1NS(=O)(=O)c1ccccc1[N+](=O)[O-]. The molecule has 0 aliphatic heterocycles. The first-order chi connectivity index (χ1) is 11.1. The molecule has 0 heterocycles. The minimum Gasteiger partial charge on any atom is -0.380 e. The number of para-hydroxylation sites is 3. The molecule has 24 heavy (non-hydrogen) atoms. The number of hydrogen-bond donors (Lipinski definition) is 1. The van der Waals surface area contributed by atoms with Crippen LogP contribution < -0.4 is 8.91 Å². The number of rotatable bonds is 6. The maximum atomic E-state index is 12.4. The topological polar surface area (TPSA) is 133 Å². The lowest BCUT2D eigenvalue weighted by Crippen LogP contribution is -2.16. The molecule has 0 atom stereocenters. The van der Waals surface area contributed by atoms with Crippen LogP contribution in [0, 0.1) is 10.1 Å². The normalized spacial score (nSPS) is 11.7. The van der Waals surface area contributed by atoms with Crippen molar-refractivity contribution < 1.29 is 25.9 Å². The maximum Gasteiger partial charge on any atom is 0.306 e. The van der Waals surface area contributed by atoms with Crippen LogP contribution >= 0.6 is 0 Å². The summed E-state index contributed by atoms with van der Waals surface area (Å²) < 4.78 is 54.1. The van der Waals surface area contributed by atoms with Crippen LogP contribution in [0.15, 0.2) is 53.4 Å². The smallest absolute Gasteiger partial charge is 0.306 e. The van der Waals surface area contributed by atoms with Crippen molar-refractivity contribution in [2.75, 3.05) is 11.0 Å². The first kappa shape index (κ1) is 17.7. The van der Waals surface area contributed by atoms with Gasteiger partial charge in [-0.1, -0.05) is 24.3 Å². The van der Waals surface area contributed by atoms with Gasteiger partial charge in [-0.05, 0) is 18.2 Å². The molecule has 0 saturated carbocycles. The summed E-state index contributed by atoms with van der Waals surface area (Å²) >= 11 is 0. The lowest BCUT2D eigenvalue weighted by Gasteiger charge is -2.12. The molecule has 2 rings (SSSR count). The molecule has 0 fully saturated rings. The standard InChI is InChI=1S/C13H12N2O7S2/c1-23(18,19)22-12-8-4-2-6-10(12)14-24(20,21)13-9-5-3-7-11(13)15(16)17/h2-9,14H,1H3. The quantitative estimate of drug-likeness (QED) is 0.464. The first-order valence-corrected chi connectivity index (χ1v) is 9.65. The number of sulfonamides is 1. The summed E-state index contributed by atoms with van der Waals surface area (Å²) in [6.07, 6.45) is 0.806. The third kappa shape index (κ3) is 4.20. The molecule has 0 spiro atoms. The van der Waals surface area contributed by atoms with E-state index in [0.29, 0.717) is 0 Å². The van der Waals surface area contributed by atoms with Gasteiger partial charge in [0, 0.05) is 6.07 Å². The summed E-state index contributed by atoms with van der Waals surface area (Å²) in [6, 6.07) is 10.2. The van der Waals surface area contributed by atoms with E-state index in [4.69, 9.17) is 4.18 Å². The highest BCUT2D eigenvalue weighted by Gasteiger charge is 2.26. The predicted octanol–water partition coefficient (Wildman–Crippen LogP) is 1.73. The van der Waals surface area contributed by atoms with E-state index in [1.54, 1.807) is 0 Å². The zero-order valence-electron chi connectivity index (χ0n) is 12.2. The fraction of sp³-hybridized carbons (Fsp3) is 0.0769. The number of nitro groups is 1. The Balaban J connectivity index is 2.47. The molecule has 0 aromatic heterocycles. The van der Waals surface area contributed by atoms with E-state index in [0.717, 1.165) is 18.4 Å². The third-order valence-electron chi connectivity index (χ3n) is 2.72. The first-order valence-electron chi connectivity index (χ1n) is 6.35. The van der Waals surface area contributed by atoms with Crippen molar-refractivity contribution in [1.82, 2.24) is 0 Å². The molecule has 0 aliphatic carbocycles. The van der Waals surface area contributed by atoms with E-state index in [9.17, 15) is 26.9 Å². The van der Waals surface area contributed by atoms with Crippen LogP contribution in [0.5, 0.6) is 5.75 Å². The zero-order valence-corrected chi connectivity index (χ0v) is 13.9. The summed E-state index contributed by atoms with van der Waals surface area (Å²) in [4.78, 5) is 9.61. The van der Waals surface area contributed by atoms with Gasteiger partial charge in [-0.15, -0.1) is 0 Å². The molecule has 0 amide bonds.